The van der Waals surface area contributed by atoms with Crippen molar-refractivity contribution < 1.29 is 8.78 Å². The minimum absolute atomic E-state index is 0.136. The highest BCUT2D eigenvalue weighted by Gasteiger charge is 2.40. The lowest BCUT2D eigenvalue weighted by Gasteiger charge is -2.44. The third kappa shape index (κ3) is 2.32. The Hall–Kier alpha value is -1.45. The third-order valence-corrected chi connectivity index (χ3v) is 4.23. The maximum absolute atomic E-state index is 13.3. The van der Waals surface area contributed by atoms with E-state index in [0.717, 1.165) is 29.2 Å². The molecule has 1 nitrogen and oxygen atoms in total. The fourth-order valence-corrected chi connectivity index (χ4v) is 3.11. The van der Waals surface area contributed by atoms with Crippen LogP contribution < -0.4 is 5.32 Å². The number of hydrogen-bond donors (Lipinski definition) is 1. The van der Waals surface area contributed by atoms with Crippen LogP contribution >= 0.6 is 11.6 Å². The minimum atomic E-state index is -0.813. The van der Waals surface area contributed by atoms with Gasteiger partial charge < -0.3 is 5.32 Å². The molecule has 2 aromatic carbocycles. The zero-order valence-corrected chi connectivity index (χ0v) is 11.6. The third-order valence-electron chi connectivity index (χ3n) is 3.90. The second-order valence-electron chi connectivity index (χ2n) is 5.29. The molecule has 0 spiro atoms. The summed E-state index contributed by atoms with van der Waals surface area (Å²) < 4.78 is 26.3. The lowest BCUT2D eigenvalue weighted by molar-refractivity contribution is 0.274. The van der Waals surface area contributed by atoms with Crippen molar-refractivity contribution in [2.45, 2.75) is 11.8 Å². The van der Waals surface area contributed by atoms with Crippen molar-refractivity contribution in [1.82, 2.24) is 5.32 Å². The molecular weight excluding hydrogens is 280 g/mol. The Morgan fingerprint density at radius 1 is 1.05 bits per heavy atom. The van der Waals surface area contributed by atoms with Gasteiger partial charge in [-0.2, -0.15) is 0 Å². The summed E-state index contributed by atoms with van der Waals surface area (Å²) in [6.45, 7) is 1.57. The molecule has 0 atom stereocenters. The van der Waals surface area contributed by atoms with Gasteiger partial charge in [0.1, 0.15) is 0 Å². The van der Waals surface area contributed by atoms with Crippen LogP contribution in [0.3, 0.4) is 0 Å². The number of halogens is 3. The van der Waals surface area contributed by atoms with E-state index in [-0.39, 0.29) is 5.41 Å². The predicted molar refractivity (Wildman–Crippen MR) is 76.1 cm³/mol. The van der Waals surface area contributed by atoms with Crippen LogP contribution in [0, 0.1) is 11.6 Å². The first kappa shape index (κ1) is 13.5. The van der Waals surface area contributed by atoms with Gasteiger partial charge in [-0.3, -0.25) is 0 Å². The highest BCUT2D eigenvalue weighted by molar-refractivity contribution is 6.31. The smallest absolute Gasteiger partial charge is 0.159 e. The average Bonchev–Trinajstić information content (AvgIpc) is 2.39. The first-order chi connectivity index (χ1) is 9.61. The van der Waals surface area contributed by atoms with E-state index in [1.807, 2.05) is 24.3 Å². The van der Waals surface area contributed by atoms with E-state index in [1.54, 1.807) is 6.07 Å². The fraction of sp³-hybridized carbons (Fsp3) is 0.250. The van der Waals surface area contributed by atoms with E-state index in [1.165, 1.54) is 12.1 Å². The molecule has 4 heteroatoms. The van der Waals surface area contributed by atoms with Gasteiger partial charge in [0, 0.05) is 23.5 Å². The first-order valence-corrected chi connectivity index (χ1v) is 6.88. The number of hydrogen-bond acceptors (Lipinski definition) is 1. The Morgan fingerprint density at radius 3 is 2.40 bits per heavy atom. The summed E-state index contributed by atoms with van der Waals surface area (Å²) >= 11 is 6.28. The molecule has 0 saturated carbocycles. The Kier molecular flexibility index (Phi) is 3.48. The summed E-state index contributed by atoms with van der Waals surface area (Å²) in [6.07, 6.45) is 0.640. The van der Waals surface area contributed by atoms with E-state index >= 15 is 0 Å². The van der Waals surface area contributed by atoms with Crippen LogP contribution in [0.5, 0.6) is 0 Å². The van der Waals surface area contributed by atoms with Gasteiger partial charge in [-0.25, -0.2) is 8.78 Å². The molecular formula is C16H14ClF2N. The van der Waals surface area contributed by atoms with E-state index in [0.29, 0.717) is 6.42 Å². The van der Waals surface area contributed by atoms with Crippen molar-refractivity contribution >= 4 is 11.6 Å². The summed E-state index contributed by atoms with van der Waals surface area (Å²) in [6, 6.07) is 11.8. The summed E-state index contributed by atoms with van der Waals surface area (Å²) in [5.74, 6) is -1.61. The van der Waals surface area contributed by atoms with Crippen molar-refractivity contribution in [2.24, 2.45) is 0 Å². The summed E-state index contributed by atoms with van der Waals surface area (Å²) in [4.78, 5) is 0. The molecule has 0 aliphatic carbocycles. The van der Waals surface area contributed by atoms with Crippen molar-refractivity contribution in [3.8, 4) is 0 Å². The fourth-order valence-electron chi connectivity index (χ4n) is 2.77. The molecule has 2 aromatic rings. The quantitative estimate of drug-likeness (QED) is 0.910. The molecule has 20 heavy (non-hydrogen) atoms. The van der Waals surface area contributed by atoms with Crippen LogP contribution in [0.25, 0.3) is 0 Å². The number of rotatable bonds is 3. The topological polar surface area (TPSA) is 12.0 Å². The van der Waals surface area contributed by atoms with Gasteiger partial charge in [0.05, 0.1) is 0 Å². The van der Waals surface area contributed by atoms with E-state index in [9.17, 15) is 8.78 Å². The second kappa shape index (κ2) is 5.15. The molecule has 1 saturated heterocycles. The van der Waals surface area contributed by atoms with Crippen LogP contribution in [-0.4, -0.2) is 13.1 Å². The molecule has 1 fully saturated rings. The van der Waals surface area contributed by atoms with Crippen LogP contribution in [-0.2, 0) is 11.8 Å². The molecule has 1 aliphatic heterocycles. The van der Waals surface area contributed by atoms with E-state index in [4.69, 9.17) is 11.6 Å². The Bertz CT molecular complexity index is 638. The standard InChI is InChI=1S/C16H14ClF2N/c17-13-4-2-1-3-12(13)16(9-20-10-16)8-11-5-6-14(18)15(19)7-11/h1-7,20H,8-10H2. The molecule has 0 unspecified atom stereocenters. The van der Waals surface area contributed by atoms with Gasteiger partial charge in [-0.15, -0.1) is 0 Å². The van der Waals surface area contributed by atoms with Crippen LogP contribution in [0.2, 0.25) is 5.02 Å². The lowest BCUT2D eigenvalue weighted by atomic mass is 9.71. The zero-order chi connectivity index (χ0) is 14.2. The molecule has 0 bridgehead atoms. The van der Waals surface area contributed by atoms with Gasteiger partial charge in [-0.05, 0) is 35.7 Å². The maximum Gasteiger partial charge on any atom is 0.159 e. The molecule has 0 aromatic heterocycles. The maximum atomic E-state index is 13.3. The highest BCUT2D eigenvalue weighted by atomic mass is 35.5. The van der Waals surface area contributed by atoms with Gasteiger partial charge in [0.25, 0.3) is 0 Å². The Balaban J connectivity index is 1.94. The highest BCUT2D eigenvalue weighted by Crippen LogP contribution is 2.36. The van der Waals surface area contributed by atoms with Crippen molar-refractivity contribution in [3.05, 3.63) is 70.2 Å². The van der Waals surface area contributed by atoms with Crippen LogP contribution in [0.15, 0.2) is 42.5 Å². The van der Waals surface area contributed by atoms with Crippen molar-refractivity contribution in [1.29, 1.82) is 0 Å². The number of nitrogens with one attached hydrogen (secondary N) is 1. The molecule has 1 heterocycles. The second-order valence-corrected chi connectivity index (χ2v) is 5.70. The average molecular weight is 294 g/mol. The molecule has 3 rings (SSSR count). The minimum Gasteiger partial charge on any atom is -0.315 e. The zero-order valence-electron chi connectivity index (χ0n) is 10.8. The van der Waals surface area contributed by atoms with Crippen molar-refractivity contribution in [3.63, 3.8) is 0 Å². The normalized spacial score (nSPS) is 16.8. The largest absolute Gasteiger partial charge is 0.315 e. The monoisotopic (exact) mass is 293 g/mol. The van der Waals surface area contributed by atoms with Gasteiger partial charge in [-0.1, -0.05) is 35.9 Å². The number of benzene rings is 2. The van der Waals surface area contributed by atoms with E-state index < -0.39 is 11.6 Å². The Morgan fingerprint density at radius 2 is 1.80 bits per heavy atom. The molecule has 0 radical (unpaired) electrons. The summed E-state index contributed by atoms with van der Waals surface area (Å²) in [5, 5.41) is 3.97. The molecule has 0 amide bonds. The van der Waals surface area contributed by atoms with Gasteiger partial charge in [0.15, 0.2) is 11.6 Å². The SMILES string of the molecule is Fc1ccc(CC2(c3ccccc3Cl)CNC2)cc1F. The van der Waals surface area contributed by atoms with Crippen molar-refractivity contribution in [2.75, 3.05) is 13.1 Å². The van der Waals surface area contributed by atoms with Gasteiger partial charge in [0.2, 0.25) is 0 Å². The first-order valence-electron chi connectivity index (χ1n) is 6.50. The molecule has 1 N–H and O–H groups in total. The van der Waals surface area contributed by atoms with E-state index in [2.05, 4.69) is 5.32 Å². The predicted octanol–water partition coefficient (Wildman–Crippen LogP) is 3.70. The van der Waals surface area contributed by atoms with Crippen LogP contribution in [0.1, 0.15) is 11.1 Å². The summed E-state index contributed by atoms with van der Waals surface area (Å²) in [7, 11) is 0. The molecule has 104 valence electrons. The Labute approximate surface area is 121 Å². The van der Waals surface area contributed by atoms with Crippen LogP contribution in [0.4, 0.5) is 8.78 Å². The lowest BCUT2D eigenvalue weighted by Crippen LogP contribution is -2.58. The molecule has 1 aliphatic rings. The van der Waals surface area contributed by atoms with Gasteiger partial charge >= 0.3 is 0 Å². The summed E-state index contributed by atoms with van der Waals surface area (Å²) in [5.41, 5.74) is 1.71.